The maximum Gasteiger partial charge on any atom is 0.233 e. The number of methoxy groups -OCH3 is 2. The third-order valence-electron chi connectivity index (χ3n) is 6.29. The molecule has 7 heteroatoms. The highest BCUT2D eigenvalue weighted by atomic mass is 16.5. The summed E-state index contributed by atoms with van der Waals surface area (Å²) in [6.45, 7) is 4.12. The van der Waals surface area contributed by atoms with Crippen molar-refractivity contribution in [2.45, 2.75) is 31.8 Å². The first-order chi connectivity index (χ1) is 15.7. The van der Waals surface area contributed by atoms with Gasteiger partial charge in [-0.3, -0.25) is 9.47 Å². The Morgan fingerprint density at radius 2 is 1.88 bits per heavy atom. The number of hydrogen-bond acceptors (Lipinski definition) is 6. The van der Waals surface area contributed by atoms with Gasteiger partial charge in [-0.05, 0) is 68.8 Å². The summed E-state index contributed by atoms with van der Waals surface area (Å²) >= 11 is 0. The van der Waals surface area contributed by atoms with Crippen molar-refractivity contribution >= 4 is 0 Å². The summed E-state index contributed by atoms with van der Waals surface area (Å²) in [7, 11) is 5.60. The maximum absolute atomic E-state index is 5.45. The highest BCUT2D eigenvalue weighted by Gasteiger charge is 2.24. The molecule has 3 heterocycles. The van der Waals surface area contributed by atoms with Crippen LogP contribution in [0, 0.1) is 0 Å². The molecule has 0 aliphatic carbocycles. The van der Waals surface area contributed by atoms with Crippen LogP contribution in [0.5, 0.6) is 11.5 Å². The lowest BCUT2D eigenvalue weighted by Gasteiger charge is -2.37. The molecular weight excluding hydrogens is 402 g/mol. The van der Waals surface area contributed by atoms with Crippen LogP contribution in [-0.4, -0.2) is 71.3 Å². The number of nitrogens with zero attached hydrogens (tertiary/aromatic N) is 5. The third kappa shape index (κ3) is 5.29. The topological polar surface area (TPSA) is 55.7 Å². The molecule has 0 radical (unpaired) electrons. The van der Waals surface area contributed by atoms with E-state index in [0.717, 1.165) is 50.0 Å². The van der Waals surface area contributed by atoms with Crippen molar-refractivity contribution < 1.29 is 9.47 Å². The van der Waals surface area contributed by atoms with Crippen LogP contribution in [0.1, 0.15) is 24.1 Å². The van der Waals surface area contributed by atoms with E-state index >= 15 is 0 Å². The van der Waals surface area contributed by atoms with Crippen LogP contribution in [0.25, 0.3) is 5.95 Å². The third-order valence-corrected chi connectivity index (χ3v) is 6.29. The zero-order valence-corrected chi connectivity index (χ0v) is 19.3. The number of ether oxygens (including phenoxy) is 2. The van der Waals surface area contributed by atoms with E-state index in [0.29, 0.717) is 6.04 Å². The van der Waals surface area contributed by atoms with Gasteiger partial charge in [-0.1, -0.05) is 6.07 Å². The Hall–Kier alpha value is -2.90. The number of likely N-dealkylation sites (N-methyl/N-ethyl adjacent to an activating group) is 1. The molecule has 1 saturated heterocycles. The van der Waals surface area contributed by atoms with Gasteiger partial charge in [0.2, 0.25) is 5.95 Å². The van der Waals surface area contributed by atoms with Crippen LogP contribution < -0.4 is 9.47 Å². The molecule has 1 aliphatic rings. The Morgan fingerprint density at radius 1 is 1.06 bits per heavy atom. The molecule has 1 atom stereocenters. The van der Waals surface area contributed by atoms with E-state index < -0.39 is 0 Å². The molecule has 1 fully saturated rings. The van der Waals surface area contributed by atoms with Crippen molar-refractivity contribution in [1.29, 1.82) is 0 Å². The first-order valence-corrected chi connectivity index (χ1v) is 11.2. The fraction of sp³-hybridized carbons (Fsp3) is 0.440. The molecule has 0 N–H and O–H groups in total. The highest BCUT2D eigenvalue weighted by Crippen LogP contribution is 2.28. The molecule has 0 bridgehead atoms. The molecule has 32 heavy (non-hydrogen) atoms. The van der Waals surface area contributed by atoms with Crippen LogP contribution in [0.2, 0.25) is 0 Å². The van der Waals surface area contributed by atoms with Gasteiger partial charge in [-0.15, -0.1) is 0 Å². The molecule has 0 amide bonds. The molecule has 1 aromatic carbocycles. The second-order valence-corrected chi connectivity index (χ2v) is 8.37. The fourth-order valence-electron chi connectivity index (χ4n) is 4.44. The Kier molecular flexibility index (Phi) is 7.39. The van der Waals surface area contributed by atoms with E-state index in [1.165, 1.54) is 24.1 Å². The van der Waals surface area contributed by atoms with Gasteiger partial charge in [0.15, 0.2) is 11.5 Å². The molecule has 0 unspecified atom stereocenters. The van der Waals surface area contributed by atoms with Crippen molar-refractivity contribution in [3.8, 4) is 17.4 Å². The van der Waals surface area contributed by atoms with Crippen molar-refractivity contribution in [2.75, 3.05) is 40.9 Å². The molecule has 0 saturated carbocycles. The SMILES string of the molecule is COc1ccc(CCN(C)[C@@H]2CCCN(Cc3cccn3-c3ncccn3)C2)cc1OC. The summed E-state index contributed by atoms with van der Waals surface area (Å²) in [5.74, 6) is 2.30. The first-order valence-electron chi connectivity index (χ1n) is 11.2. The van der Waals surface area contributed by atoms with Gasteiger partial charge >= 0.3 is 0 Å². The molecule has 4 rings (SSSR count). The Labute approximate surface area is 190 Å². The van der Waals surface area contributed by atoms with Gasteiger partial charge in [-0.2, -0.15) is 0 Å². The smallest absolute Gasteiger partial charge is 0.233 e. The van der Waals surface area contributed by atoms with E-state index in [1.54, 1.807) is 26.6 Å². The maximum atomic E-state index is 5.45. The fourth-order valence-corrected chi connectivity index (χ4v) is 4.44. The molecule has 7 nitrogen and oxygen atoms in total. The summed E-state index contributed by atoms with van der Waals surface area (Å²) in [6, 6.07) is 12.8. The average Bonchev–Trinajstić information content (AvgIpc) is 3.31. The van der Waals surface area contributed by atoms with Crippen LogP contribution >= 0.6 is 0 Å². The van der Waals surface area contributed by atoms with E-state index in [9.17, 15) is 0 Å². The second kappa shape index (κ2) is 10.6. The summed E-state index contributed by atoms with van der Waals surface area (Å²) in [4.78, 5) is 13.9. The lowest BCUT2D eigenvalue weighted by molar-refractivity contribution is 0.111. The van der Waals surface area contributed by atoms with Gasteiger partial charge in [0.25, 0.3) is 0 Å². The van der Waals surface area contributed by atoms with E-state index in [-0.39, 0.29) is 0 Å². The van der Waals surface area contributed by atoms with Crippen LogP contribution in [-0.2, 0) is 13.0 Å². The average molecular weight is 436 g/mol. The zero-order valence-electron chi connectivity index (χ0n) is 19.3. The van der Waals surface area contributed by atoms with Crippen LogP contribution in [0.15, 0.2) is 55.0 Å². The number of hydrogen-bond donors (Lipinski definition) is 0. The number of likely N-dealkylation sites (tertiary alicyclic amines) is 1. The quantitative estimate of drug-likeness (QED) is 0.513. The van der Waals surface area contributed by atoms with Gasteiger partial charge in [0, 0.05) is 50.0 Å². The highest BCUT2D eigenvalue weighted by molar-refractivity contribution is 5.42. The summed E-state index contributed by atoms with van der Waals surface area (Å²) in [6.07, 6.45) is 9.06. The molecular formula is C25H33N5O2. The van der Waals surface area contributed by atoms with Crippen molar-refractivity contribution in [2.24, 2.45) is 0 Å². The predicted octanol–water partition coefficient (Wildman–Crippen LogP) is 3.42. The monoisotopic (exact) mass is 435 g/mol. The standard InChI is InChI=1S/C25H33N5O2/c1-28(16-11-20-9-10-23(31-2)24(17-20)32-3)21-7-4-14-29(18-21)19-22-8-5-15-30(22)25-26-12-6-13-27-25/h5-6,8-10,12-13,15,17,21H,4,7,11,14,16,18-19H2,1-3H3/t21-/m1/s1. The first kappa shape index (κ1) is 22.3. The Morgan fingerprint density at radius 3 is 2.66 bits per heavy atom. The van der Waals surface area contributed by atoms with Gasteiger partial charge in [0.1, 0.15) is 0 Å². The summed E-state index contributed by atoms with van der Waals surface area (Å²) in [5, 5.41) is 0. The van der Waals surface area contributed by atoms with Gasteiger partial charge in [-0.25, -0.2) is 9.97 Å². The molecule has 3 aromatic rings. The lowest BCUT2D eigenvalue weighted by Crippen LogP contribution is -2.46. The van der Waals surface area contributed by atoms with E-state index in [2.05, 4.69) is 55.6 Å². The minimum Gasteiger partial charge on any atom is -0.493 e. The second-order valence-electron chi connectivity index (χ2n) is 8.37. The van der Waals surface area contributed by atoms with Crippen LogP contribution in [0.3, 0.4) is 0 Å². The van der Waals surface area contributed by atoms with Crippen molar-refractivity contribution in [3.05, 3.63) is 66.2 Å². The molecule has 2 aromatic heterocycles. The van der Waals surface area contributed by atoms with Crippen LogP contribution in [0.4, 0.5) is 0 Å². The minimum absolute atomic E-state index is 0.556. The van der Waals surface area contributed by atoms with Crippen molar-refractivity contribution in [3.63, 3.8) is 0 Å². The number of benzene rings is 1. The summed E-state index contributed by atoms with van der Waals surface area (Å²) in [5.41, 5.74) is 2.49. The Bertz CT molecular complexity index is 991. The molecule has 0 spiro atoms. The number of aromatic nitrogens is 3. The Balaban J connectivity index is 1.34. The largest absolute Gasteiger partial charge is 0.493 e. The number of piperidine rings is 1. The van der Waals surface area contributed by atoms with Gasteiger partial charge < -0.3 is 14.4 Å². The lowest BCUT2D eigenvalue weighted by atomic mass is 10.0. The molecule has 170 valence electrons. The van der Waals surface area contributed by atoms with Crippen molar-refractivity contribution in [1.82, 2.24) is 24.3 Å². The predicted molar refractivity (Wildman–Crippen MR) is 126 cm³/mol. The van der Waals surface area contributed by atoms with E-state index in [1.807, 2.05) is 18.3 Å². The van der Waals surface area contributed by atoms with E-state index in [4.69, 9.17) is 9.47 Å². The van der Waals surface area contributed by atoms with Gasteiger partial charge in [0.05, 0.1) is 14.2 Å². The normalized spacial score (nSPS) is 16.9. The number of rotatable bonds is 9. The zero-order chi connectivity index (χ0) is 22.3. The molecule has 1 aliphatic heterocycles. The summed E-state index contributed by atoms with van der Waals surface area (Å²) < 4.78 is 12.9. The minimum atomic E-state index is 0.556.